The van der Waals surface area contributed by atoms with Crippen LogP contribution < -0.4 is 5.56 Å². The third kappa shape index (κ3) is 1.56. The van der Waals surface area contributed by atoms with Crippen LogP contribution in [0.5, 0.6) is 0 Å². The fraction of sp³-hybridized carbons (Fsp3) is 0.250. The van der Waals surface area contributed by atoms with Crippen LogP contribution in [0.25, 0.3) is 0 Å². The minimum absolute atomic E-state index is 0.0470. The minimum atomic E-state index is -0.362. The van der Waals surface area contributed by atoms with Crippen molar-refractivity contribution in [2.24, 2.45) is 0 Å². The maximum absolute atomic E-state index is 10.9. The van der Waals surface area contributed by atoms with Crippen LogP contribution in [0.2, 0.25) is 5.02 Å². The number of Topliss-reactive ketones (excluding diaryl/α,β-unsaturated/α-hetero) is 1. The molecule has 12 heavy (non-hydrogen) atoms. The number of rotatable bonds is 1. The lowest BCUT2D eigenvalue weighted by Gasteiger charge is -2.00. The van der Waals surface area contributed by atoms with Crippen LogP contribution >= 0.6 is 11.6 Å². The van der Waals surface area contributed by atoms with Gasteiger partial charge in [-0.25, -0.2) is 0 Å². The first-order valence-electron chi connectivity index (χ1n) is 3.42. The van der Waals surface area contributed by atoms with Crippen molar-refractivity contribution in [3.05, 3.63) is 32.7 Å². The summed E-state index contributed by atoms with van der Waals surface area (Å²) >= 11 is 5.53. The van der Waals surface area contributed by atoms with Gasteiger partial charge in [-0.1, -0.05) is 11.6 Å². The largest absolute Gasteiger partial charge is 0.325 e. The highest BCUT2D eigenvalue weighted by Crippen LogP contribution is 2.08. The third-order valence-corrected chi connectivity index (χ3v) is 1.85. The number of aryl methyl sites for hydroxylation is 1. The Morgan fingerprint density at radius 1 is 1.58 bits per heavy atom. The molecule has 0 amide bonds. The molecule has 0 saturated heterocycles. The van der Waals surface area contributed by atoms with E-state index in [2.05, 4.69) is 4.98 Å². The second kappa shape index (κ2) is 3.11. The van der Waals surface area contributed by atoms with Crippen molar-refractivity contribution < 1.29 is 4.79 Å². The Balaban J connectivity index is 3.43. The van der Waals surface area contributed by atoms with Crippen LogP contribution in [0, 0.1) is 6.92 Å². The predicted molar refractivity (Wildman–Crippen MR) is 46.8 cm³/mol. The number of pyridine rings is 1. The highest BCUT2D eigenvalue weighted by Gasteiger charge is 2.06. The molecule has 0 bridgehead atoms. The molecular formula is C8H8ClNO2. The van der Waals surface area contributed by atoms with Gasteiger partial charge in [0.15, 0.2) is 5.78 Å². The van der Waals surface area contributed by atoms with E-state index in [1.54, 1.807) is 6.92 Å². The third-order valence-electron chi connectivity index (χ3n) is 1.57. The molecule has 0 spiro atoms. The molecule has 4 heteroatoms. The molecule has 1 heterocycles. The number of hydrogen-bond acceptors (Lipinski definition) is 2. The highest BCUT2D eigenvalue weighted by atomic mass is 35.5. The van der Waals surface area contributed by atoms with Crippen LogP contribution in [0.3, 0.4) is 0 Å². The first kappa shape index (κ1) is 9.00. The summed E-state index contributed by atoms with van der Waals surface area (Å²) in [6.07, 6.45) is 0. The molecule has 0 fully saturated rings. The van der Waals surface area contributed by atoms with Crippen LogP contribution in [-0.4, -0.2) is 10.8 Å². The van der Waals surface area contributed by atoms with E-state index in [0.717, 1.165) is 0 Å². The van der Waals surface area contributed by atoms with Crippen LogP contribution in [-0.2, 0) is 0 Å². The maximum atomic E-state index is 10.9. The SMILES string of the molecule is CC(=O)c1cc(Cl)c(=O)[nH]c1C. The van der Waals surface area contributed by atoms with E-state index in [-0.39, 0.29) is 16.4 Å². The van der Waals surface area contributed by atoms with Crippen molar-refractivity contribution in [3.63, 3.8) is 0 Å². The summed E-state index contributed by atoms with van der Waals surface area (Å²) in [5.74, 6) is -0.106. The number of carbonyl (C=O) groups is 1. The maximum Gasteiger partial charge on any atom is 0.266 e. The monoisotopic (exact) mass is 185 g/mol. The smallest absolute Gasteiger partial charge is 0.266 e. The molecule has 0 radical (unpaired) electrons. The molecule has 0 atom stereocenters. The van der Waals surface area contributed by atoms with Gasteiger partial charge in [-0.2, -0.15) is 0 Å². The molecule has 0 aliphatic heterocycles. The fourth-order valence-corrected chi connectivity index (χ4v) is 1.12. The molecule has 0 aliphatic carbocycles. The average Bonchev–Trinajstić information content (AvgIpc) is 1.96. The van der Waals surface area contributed by atoms with E-state index in [0.29, 0.717) is 11.3 Å². The normalized spacial score (nSPS) is 9.92. The highest BCUT2D eigenvalue weighted by molar-refractivity contribution is 6.30. The molecule has 1 rings (SSSR count). The number of carbonyl (C=O) groups excluding carboxylic acids is 1. The zero-order valence-corrected chi connectivity index (χ0v) is 7.53. The van der Waals surface area contributed by atoms with Crippen molar-refractivity contribution in [2.75, 3.05) is 0 Å². The second-order valence-corrected chi connectivity index (χ2v) is 2.95. The Kier molecular flexibility index (Phi) is 2.33. The van der Waals surface area contributed by atoms with Crippen LogP contribution in [0.15, 0.2) is 10.9 Å². The van der Waals surface area contributed by atoms with Gasteiger partial charge >= 0.3 is 0 Å². The Morgan fingerprint density at radius 2 is 2.17 bits per heavy atom. The Hall–Kier alpha value is -1.09. The zero-order chi connectivity index (χ0) is 9.30. The Labute approximate surface area is 74.4 Å². The van der Waals surface area contributed by atoms with Gasteiger partial charge in [0, 0.05) is 11.3 Å². The molecule has 3 nitrogen and oxygen atoms in total. The molecule has 0 aliphatic rings. The summed E-state index contributed by atoms with van der Waals surface area (Å²) in [5, 5.41) is 0.0470. The first-order chi connectivity index (χ1) is 5.52. The quantitative estimate of drug-likeness (QED) is 0.675. The number of halogens is 1. The first-order valence-corrected chi connectivity index (χ1v) is 3.80. The van der Waals surface area contributed by atoms with Crippen molar-refractivity contribution in [1.82, 2.24) is 4.98 Å². The molecule has 0 aromatic carbocycles. The molecule has 0 unspecified atom stereocenters. The number of ketones is 1. The summed E-state index contributed by atoms with van der Waals surface area (Å²) < 4.78 is 0. The Bertz CT molecular complexity index is 381. The lowest BCUT2D eigenvalue weighted by atomic mass is 10.1. The summed E-state index contributed by atoms with van der Waals surface area (Å²) in [6.45, 7) is 3.09. The summed E-state index contributed by atoms with van der Waals surface area (Å²) in [5.41, 5.74) is 0.649. The van der Waals surface area contributed by atoms with Gasteiger partial charge in [0.1, 0.15) is 5.02 Å². The van der Waals surface area contributed by atoms with Gasteiger partial charge < -0.3 is 4.98 Å². The molecular weight excluding hydrogens is 178 g/mol. The lowest BCUT2D eigenvalue weighted by molar-refractivity contribution is 0.101. The second-order valence-electron chi connectivity index (χ2n) is 2.54. The summed E-state index contributed by atoms with van der Waals surface area (Å²) in [7, 11) is 0. The van der Waals surface area contributed by atoms with Crippen LogP contribution in [0.4, 0.5) is 0 Å². The number of hydrogen-bond donors (Lipinski definition) is 1. The Morgan fingerprint density at radius 3 is 2.67 bits per heavy atom. The fourth-order valence-electron chi connectivity index (χ4n) is 0.964. The molecule has 1 aromatic rings. The van der Waals surface area contributed by atoms with Crippen LogP contribution in [0.1, 0.15) is 23.0 Å². The number of aromatic nitrogens is 1. The minimum Gasteiger partial charge on any atom is -0.325 e. The molecule has 1 aromatic heterocycles. The van der Waals surface area contributed by atoms with Crippen molar-refractivity contribution in [2.45, 2.75) is 13.8 Å². The van der Waals surface area contributed by atoms with Crippen molar-refractivity contribution in [3.8, 4) is 0 Å². The van der Waals surface area contributed by atoms with Crippen molar-refractivity contribution in [1.29, 1.82) is 0 Å². The zero-order valence-electron chi connectivity index (χ0n) is 6.77. The topological polar surface area (TPSA) is 49.9 Å². The lowest BCUT2D eigenvalue weighted by Crippen LogP contribution is -2.11. The van der Waals surface area contributed by atoms with E-state index in [1.165, 1.54) is 13.0 Å². The standard InChI is InChI=1S/C8H8ClNO2/c1-4-6(5(2)11)3-7(9)8(12)10-4/h3H,1-2H3,(H,10,12). The average molecular weight is 186 g/mol. The van der Waals surface area contributed by atoms with E-state index in [1.807, 2.05) is 0 Å². The number of aromatic amines is 1. The van der Waals surface area contributed by atoms with Gasteiger partial charge in [0.2, 0.25) is 0 Å². The number of H-pyrrole nitrogens is 1. The molecule has 1 N–H and O–H groups in total. The van der Waals surface area contributed by atoms with E-state index in [9.17, 15) is 9.59 Å². The van der Waals surface area contributed by atoms with E-state index < -0.39 is 0 Å². The van der Waals surface area contributed by atoms with E-state index >= 15 is 0 Å². The van der Waals surface area contributed by atoms with Gasteiger partial charge in [-0.15, -0.1) is 0 Å². The van der Waals surface area contributed by atoms with E-state index in [4.69, 9.17) is 11.6 Å². The van der Waals surface area contributed by atoms with Gasteiger partial charge in [0.25, 0.3) is 5.56 Å². The van der Waals surface area contributed by atoms with Gasteiger partial charge in [0.05, 0.1) is 0 Å². The summed E-state index contributed by atoms with van der Waals surface area (Å²) in [4.78, 5) is 24.3. The van der Waals surface area contributed by atoms with Gasteiger partial charge in [-0.05, 0) is 19.9 Å². The molecule has 64 valence electrons. The van der Waals surface area contributed by atoms with Gasteiger partial charge in [-0.3, -0.25) is 9.59 Å². The molecule has 0 saturated carbocycles. The summed E-state index contributed by atoms with van der Waals surface area (Å²) in [6, 6.07) is 1.39. The van der Waals surface area contributed by atoms with Crippen molar-refractivity contribution >= 4 is 17.4 Å². The number of nitrogens with one attached hydrogen (secondary N) is 1. The predicted octanol–water partition coefficient (Wildman–Crippen LogP) is 1.54.